The molecule has 0 aliphatic heterocycles. The molecule has 4 fully saturated rings. The van der Waals surface area contributed by atoms with Gasteiger partial charge in [-0.2, -0.15) is 0 Å². The summed E-state index contributed by atoms with van der Waals surface area (Å²) in [6, 6.07) is 0.349. The molecule has 0 radical (unpaired) electrons. The quantitative estimate of drug-likeness (QED) is 0.720. The summed E-state index contributed by atoms with van der Waals surface area (Å²) in [7, 11) is 0. The highest BCUT2D eigenvalue weighted by molar-refractivity contribution is 6.24. The lowest BCUT2D eigenvalue weighted by molar-refractivity contribution is -0.0474. The van der Waals surface area contributed by atoms with E-state index in [4.69, 9.17) is 17.3 Å². The number of nitrogens with two attached hydrogens (primary N) is 1. The molecule has 4 aliphatic carbocycles. The van der Waals surface area contributed by atoms with Crippen molar-refractivity contribution in [2.75, 3.05) is 0 Å². The van der Waals surface area contributed by atoms with E-state index in [-0.39, 0.29) is 4.87 Å². The van der Waals surface area contributed by atoms with Crippen molar-refractivity contribution in [1.29, 1.82) is 0 Å². The minimum atomic E-state index is 0.166. The number of hydrogen-bond donors (Lipinski definition) is 1. The molecule has 3 atom stereocenters. The Hall–Kier alpha value is 0.250. The zero-order chi connectivity index (χ0) is 10.7. The van der Waals surface area contributed by atoms with Gasteiger partial charge < -0.3 is 5.73 Å². The number of alkyl halides is 1. The lowest BCUT2D eigenvalue weighted by Crippen LogP contribution is -2.54. The Morgan fingerprint density at radius 1 is 1.27 bits per heavy atom. The molecule has 4 aliphatic rings. The van der Waals surface area contributed by atoms with E-state index in [1.54, 1.807) is 0 Å². The van der Waals surface area contributed by atoms with Crippen LogP contribution in [0.2, 0.25) is 0 Å². The monoisotopic (exact) mass is 227 g/mol. The number of halogens is 1. The smallest absolute Gasteiger partial charge is 0.0457 e. The standard InChI is InChI=1S/C13H22ClN/c1-9(15)3-12-4-10-2-11(5-12)7-13(14,6-10)8-12/h9-11H,2-8,15H2,1H3. The van der Waals surface area contributed by atoms with Crippen LogP contribution in [0.25, 0.3) is 0 Å². The molecule has 0 heterocycles. The van der Waals surface area contributed by atoms with Crippen molar-refractivity contribution in [1.82, 2.24) is 0 Å². The Balaban J connectivity index is 1.86. The zero-order valence-corrected chi connectivity index (χ0v) is 10.4. The van der Waals surface area contributed by atoms with Crippen molar-refractivity contribution in [2.45, 2.75) is 62.8 Å². The fraction of sp³-hybridized carbons (Fsp3) is 1.00. The molecule has 0 saturated heterocycles. The second-order valence-electron chi connectivity index (χ2n) is 6.79. The molecule has 2 N–H and O–H groups in total. The van der Waals surface area contributed by atoms with Gasteiger partial charge in [-0.25, -0.2) is 0 Å². The third-order valence-corrected chi connectivity index (χ3v) is 5.31. The molecule has 0 aromatic carbocycles. The van der Waals surface area contributed by atoms with Crippen molar-refractivity contribution in [3.05, 3.63) is 0 Å². The Bertz CT molecular complexity index is 254. The van der Waals surface area contributed by atoms with Crippen LogP contribution in [0.3, 0.4) is 0 Å². The van der Waals surface area contributed by atoms with Crippen molar-refractivity contribution in [3.63, 3.8) is 0 Å². The molecule has 86 valence electrons. The van der Waals surface area contributed by atoms with E-state index < -0.39 is 0 Å². The van der Waals surface area contributed by atoms with Gasteiger partial charge in [0.25, 0.3) is 0 Å². The highest BCUT2D eigenvalue weighted by Crippen LogP contribution is 2.65. The SMILES string of the molecule is CC(N)CC12CC3CC(CC(Cl)(C3)C1)C2. The van der Waals surface area contributed by atoms with Crippen molar-refractivity contribution < 1.29 is 0 Å². The summed E-state index contributed by atoms with van der Waals surface area (Å²) in [6.07, 6.45) is 9.30. The van der Waals surface area contributed by atoms with E-state index in [9.17, 15) is 0 Å². The van der Waals surface area contributed by atoms with Crippen LogP contribution in [0, 0.1) is 17.3 Å². The molecule has 0 spiro atoms. The summed E-state index contributed by atoms with van der Waals surface area (Å²) in [5, 5.41) is 0. The molecule has 0 aromatic heterocycles. The average molecular weight is 228 g/mol. The Kier molecular flexibility index (Phi) is 2.17. The van der Waals surface area contributed by atoms with Gasteiger partial charge in [0.2, 0.25) is 0 Å². The molecule has 3 unspecified atom stereocenters. The van der Waals surface area contributed by atoms with Crippen LogP contribution in [0.1, 0.15) is 51.9 Å². The van der Waals surface area contributed by atoms with Gasteiger partial charge in [-0.15, -0.1) is 11.6 Å². The predicted molar refractivity (Wildman–Crippen MR) is 64.0 cm³/mol. The topological polar surface area (TPSA) is 26.0 Å². The fourth-order valence-corrected chi connectivity index (χ4v) is 5.98. The molecular weight excluding hydrogens is 206 g/mol. The summed E-state index contributed by atoms with van der Waals surface area (Å²) in [4.78, 5) is 0.166. The van der Waals surface area contributed by atoms with Gasteiger partial charge in [-0.05, 0) is 69.1 Å². The molecule has 4 rings (SSSR count). The first kappa shape index (κ1) is 10.4. The Morgan fingerprint density at radius 3 is 2.33 bits per heavy atom. The molecule has 2 heteroatoms. The van der Waals surface area contributed by atoms with E-state index in [1.165, 1.54) is 44.9 Å². The molecule has 0 amide bonds. The normalized spacial score (nSPS) is 54.6. The van der Waals surface area contributed by atoms with Gasteiger partial charge in [0.15, 0.2) is 0 Å². The van der Waals surface area contributed by atoms with Crippen LogP contribution < -0.4 is 5.73 Å². The van der Waals surface area contributed by atoms with Crippen LogP contribution in [0.5, 0.6) is 0 Å². The third-order valence-electron chi connectivity index (χ3n) is 4.87. The van der Waals surface area contributed by atoms with Crippen LogP contribution in [-0.4, -0.2) is 10.9 Å². The maximum atomic E-state index is 6.76. The first-order chi connectivity index (χ1) is 6.99. The van der Waals surface area contributed by atoms with Crippen LogP contribution in [0.4, 0.5) is 0 Å². The van der Waals surface area contributed by atoms with Gasteiger partial charge in [-0.1, -0.05) is 0 Å². The van der Waals surface area contributed by atoms with E-state index >= 15 is 0 Å². The highest BCUT2D eigenvalue weighted by atomic mass is 35.5. The van der Waals surface area contributed by atoms with E-state index in [1.807, 2.05) is 0 Å². The zero-order valence-electron chi connectivity index (χ0n) is 9.64. The fourth-order valence-electron chi connectivity index (χ4n) is 5.26. The van der Waals surface area contributed by atoms with Gasteiger partial charge in [-0.3, -0.25) is 0 Å². The minimum absolute atomic E-state index is 0.166. The van der Waals surface area contributed by atoms with Gasteiger partial charge in [0, 0.05) is 10.9 Å². The van der Waals surface area contributed by atoms with Gasteiger partial charge in [0.1, 0.15) is 0 Å². The summed E-state index contributed by atoms with van der Waals surface area (Å²) in [5.41, 5.74) is 6.54. The van der Waals surface area contributed by atoms with Crippen LogP contribution >= 0.6 is 11.6 Å². The van der Waals surface area contributed by atoms with Crippen molar-refractivity contribution in [3.8, 4) is 0 Å². The van der Waals surface area contributed by atoms with Crippen molar-refractivity contribution >= 4 is 11.6 Å². The Morgan fingerprint density at radius 2 is 1.87 bits per heavy atom. The lowest BCUT2D eigenvalue weighted by atomic mass is 9.48. The second-order valence-corrected chi connectivity index (χ2v) is 7.60. The first-order valence-electron chi connectivity index (χ1n) is 6.43. The molecule has 4 bridgehead atoms. The molecule has 0 aromatic rings. The summed E-state index contributed by atoms with van der Waals surface area (Å²) < 4.78 is 0. The highest BCUT2D eigenvalue weighted by Gasteiger charge is 2.56. The summed E-state index contributed by atoms with van der Waals surface area (Å²) >= 11 is 6.76. The van der Waals surface area contributed by atoms with Crippen molar-refractivity contribution in [2.24, 2.45) is 23.0 Å². The van der Waals surface area contributed by atoms with E-state index in [0.717, 1.165) is 11.8 Å². The molecule has 1 nitrogen and oxygen atoms in total. The van der Waals surface area contributed by atoms with Gasteiger partial charge >= 0.3 is 0 Å². The second kappa shape index (κ2) is 3.13. The molecule has 4 saturated carbocycles. The minimum Gasteiger partial charge on any atom is -0.328 e. The van der Waals surface area contributed by atoms with E-state index in [2.05, 4.69) is 6.92 Å². The maximum absolute atomic E-state index is 6.76. The first-order valence-corrected chi connectivity index (χ1v) is 6.81. The summed E-state index contributed by atoms with van der Waals surface area (Å²) in [6.45, 7) is 2.15. The lowest BCUT2D eigenvalue weighted by Gasteiger charge is -2.60. The van der Waals surface area contributed by atoms with Gasteiger partial charge in [0.05, 0.1) is 0 Å². The Labute approximate surface area is 97.7 Å². The predicted octanol–water partition coefficient (Wildman–Crippen LogP) is 3.30. The van der Waals surface area contributed by atoms with Crippen LogP contribution in [-0.2, 0) is 0 Å². The maximum Gasteiger partial charge on any atom is 0.0457 e. The molecule has 15 heavy (non-hydrogen) atoms. The number of rotatable bonds is 2. The van der Waals surface area contributed by atoms with E-state index in [0.29, 0.717) is 11.5 Å². The number of hydrogen-bond acceptors (Lipinski definition) is 1. The van der Waals surface area contributed by atoms with Crippen LogP contribution in [0.15, 0.2) is 0 Å². The third kappa shape index (κ3) is 1.72. The summed E-state index contributed by atoms with van der Waals surface area (Å²) in [5.74, 6) is 1.84. The average Bonchev–Trinajstić information content (AvgIpc) is 1.94. The molecular formula is C13H22ClN. The largest absolute Gasteiger partial charge is 0.328 e.